The minimum atomic E-state index is -0.408. The van der Waals surface area contributed by atoms with E-state index in [-0.39, 0.29) is 5.82 Å². The smallest absolute Gasteiger partial charge is 0.338 e. The van der Waals surface area contributed by atoms with E-state index in [2.05, 4.69) is 11.6 Å². The Balaban J connectivity index is 2.24. The number of allylic oxidation sites excluding steroid dienone is 1. The van der Waals surface area contributed by atoms with E-state index in [1.807, 2.05) is 0 Å². The third-order valence-electron chi connectivity index (χ3n) is 2.97. The normalized spacial score (nSPS) is 10.1. The van der Waals surface area contributed by atoms with Gasteiger partial charge < -0.3 is 4.74 Å². The van der Waals surface area contributed by atoms with E-state index in [9.17, 15) is 9.18 Å². The molecular formula is C16H14FNO2. The van der Waals surface area contributed by atoms with Gasteiger partial charge in [-0.2, -0.15) is 0 Å². The van der Waals surface area contributed by atoms with Crippen molar-refractivity contribution in [1.82, 2.24) is 4.98 Å². The SMILES string of the molecule is C=C(Cc1cnccc1C(=O)OC)c1ccc(F)cc1. The van der Waals surface area contributed by atoms with Gasteiger partial charge in [0.05, 0.1) is 12.7 Å². The van der Waals surface area contributed by atoms with Gasteiger partial charge in [-0.05, 0) is 41.3 Å². The van der Waals surface area contributed by atoms with E-state index in [1.165, 1.54) is 25.4 Å². The number of hydrogen-bond donors (Lipinski definition) is 0. The van der Waals surface area contributed by atoms with Crippen molar-refractivity contribution in [2.75, 3.05) is 7.11 Å². The Morgan fingerprint density at radius 3 is 2.65 bits per heavy atom. The lowest BCUT2D eigenvalue weighted by Crippen LogP contribution is -2.06. The Bertz CT molecular complexity index is 635. The fourth-order valence-electron chi connectivity index (χ4n) is 1.89. The molecule has 102 valence electrons. The third-order valence-corrected chi connectivity index (χ3v) is 2.97. The van der Waals surface area contributed by atoms with Crippen molar-refractivity contribution in [2.45, 2.75) is 6.42 Å². The number of pyridine rings is 1. The van der Waals surface area contributed by atoms with Crippen molar-refractivity contribution in [3.8, 4) is 0 Å². The van der Waals surface area contributed by atoms with Gasteiger partial charge in [-0.3, -0.25) is 4.98 Å². The summed E-state index contributed by atoms with van der Waals surface area (Å²) in [5.74, 6) is -0.701. The second-order valence-corrected chi connectivity index (χ2v) is 4.31. The van der Waals surface area contributed by atoms with E-state index in [0.717, 1.165) is 16.7 Å². The number of carbonyl (C=O) groups is 1. The van der Waals surface area contributed by atoms with Gasteiger partial charge in [0.1, 0.15) is 5.82 Å². The molecule has 0 saturated heterocycles. The van der Waals surface area contributed by atoms with Crippen LogP contribution in [0.25, 0.3) is 5.57 Å². The first-order valence-electron chi connectivity index (χ1n) is 6.06. The maximum atomic E-state index is 12.9. The molecule has 0 bridgehead atoms. The molecule has 0 spiro atoms. The van der Waals surface area contributed by atoms with Gasteiger partial charge in [0.15, 0.2) is 0 Å². The summed E-state index contributed by atoms with van der Waals surface area (Å²) in [6.45, 7) is 3.97. The van der Waals surface area contributed by atoms with Gasteiger partial charge in [0, 0.05) is 12.4 Å². The monoisotopic (exact) mass is 271 g/mol. The van der Waals surface area contributed by atoms with Crippen LogP contribution in [0.1, 0.15) is 21.5 Å². The number of aromatic nitrogens is 1. The molecule has 0 amide bonds. The van der Waals surface area contributed by atoms with E-state index in [1.54, 1.807) is 24.4 Å². The highest BCUT2D eigenvalue weighted by Gasteiger charge is 2.12. The van der Waals surface area contributed by atoms with E-state index < -0.39 is 5.97 Å². The number of nitrogens with zero attached hydrogens (tertiary/aromatic N) is 1. The minimum absolute atomic E-state index is 0.293. The van der Waals surface area contributed by atoms with Crippen molar-refractivity contribution < 1.29 is 13.9 Å². The summed E-state index contributed by atoms with van der Waals surface area (Å²) in [5.41, 5.74) is 2.80. The molecule has 0 saturated carbocycles. The number of ether oxygens (including phenoxy) is 1. The summed E-state index contributed by atoms with van der Waals surface area (Å²) in [5, 5.41) is 0. The van der Waals surface area contributed by atoms with Crippen molar-refractivity contribution in [1.29, 1.82) is 0 Å². The van der Waals surface area contributed by atoms with Crippen LogP contribution in [0.3, 0.4) is 0 Å². The average molecular weight is 271 g/mol. The van der Waals surface area contributed by atoms with Crippen molar-refractivity contribution in [3.63, 3.8) is 0 Å². The van der Waals surface area contributed by atoms with Gasteiger partial charge >= 0.3 is 5.97 Å². The van der Waals surface area contributed by atoms with Gasteiger partial charge in [0.25, 0.3) is 0 Å². The van der Waals surface area contributed by atoms with Crippen molar-refractivity contribution in [3.05, 3.63) is 71.8 Å². The fourth-order valence-corrected chi connectivity index (χ4v) is 1.89. The van der Waals surface area contributed by atoms with Crippen LogP contribution in [0.4, 0.5) is 4.39 Å². The van der Waals surface area contributed by atoms with Crippen LogP contribution in [-0.4, -0.2) is 18.1 Å². The number of benzene rings is 1. The first-order chi connectivity index (χ1) is 9.61. The number of rotatable bonds is 4. The summed E-state index contributed by atoms with van der Waals surface area (Å²) >= 11 is 0. The lowest BCUT2D eigenvalue weighted by molar-refractivity contribution is 0.0599. The standard InChI is InChI=1S/C16H14FNO2/c1-11(12-3-5-14(17)6-4-12)9-13-10-18-8-7-15(13)16(19)20-2/h3-8,10H,1,9H2,2H3. The molecule has 0 unspecified atom stereocenters. The summed E-state index contributed by atoms with van der Waals surface area (Å²) < 4.78 is 17.6. The summed E-state index contributed by atoms with van der Waals surface area (Å²) in [7, 11) is 1.33. The Labute approximate surface area is 116 Å². The summed E-state index contributed by atoms with van der Waals surface area (Å²) in [6.07, 6.45) is 3.60. The molecule has 0 fully saturated rings. The van der Waals surface area contributed by atoms with Crippen LogP contribution in [0.2, 0.25) is 0 Å². The lowest BCUT2D eigenvalue weighted by Gasteiger charge is -2.09. The quantitative estimate of drug-likeness (QED) is 0.801. The van der Waals surface area contributed by atoms with Crippen LogP contribution in [0, 0.1) is 5.82 Å². The molecule has 3 nitrogen and oxygen atoms in total. The topological polar surface area (TPSA) is 39.2 Å². The zero-order valence-electron chi connectivity index (χ0n) is 11.1. The maximum Gasteiger partial charge on any atom is 0.338 e. The molecule has 20 heavy (non-hydrogen) atoms. The van der Waals surface area contributed by atoms with Crippen LogP contribution >= 0.6 is 0 Å². The maximum absolute atomic E-state index is 12.9. The van der Waals surface area contributed by atoms with Crippen molar-refractivity contribution >= 4 is 11.5 Å². The third kappa shape index (κ3) is 3.09. The molecule has 1 aromatic carbocycles. The first-order valence-corrected chi connectivity index (χ1v) is 6.06. The summed E-state index contributed by atoms with van der Waals surface area (Å²) in [4.78, 5) is 15.7. The zero-order valence-corrected chi connectivity index (χ0v) is 11.1. The molecule has 0 radical (unpaired) electrons. The van der Waals surface area contributed by atoms with Crippen LogP contribution in [0.5, 0.6) is 0 Å². The van der Waals surface area contributed by atoms with E-state index in [0.29, 0.717) is 12.0 Å². The van der Waals surface area contributed by atoms with Gasteiger partial charge in [-0.25, -0.2) is 9.18 Å². The molecule has 2 aromatic rings. The number of carbonyl (C=O) groups excluding carboxylic acids is 1. The predicted octanol–water partition coefficient (Wildman–Crippen LogP) is 3.26. The number of hydrogen-bond acceptors (Lipinski definition) is 3. The van der Waals surface area contributed by atoms with E-state index >= 15 is 0 Å². The lowest BCUT2D eigenvalue weighted by atomic mass is 9.98. The molecular weight excluding hydrogens is 257 g/mol. The molecule has 0 atom stereocenters. The number of esters is 1. The van der Waals surface area contributed by atoms with Crippen LogP contribution in [-0.2, 0) is 11.2 Å². The predicted molar refractivity (Wildman–Crippen MR) is 74.7 cm³/mol. The Morgan fingerprint density at radius 1 is 1.30 bits per heavy atom. The Kier molecular flexibility index (Phi) is 4.25. The largest absolute Gasteiger partial charge is 0.465 e. The molecule has 2 rings (SSSR count). The fraction of sp³-hybridized carbons (Fsp3) is 0.125. The first kappa shape index (κ1) is 13.9. The summed E-state index contributed by atoms with van der Waals surface area (Å²) in [6, 6.07) is 7.69. The van der Waals surface area contributed by atoms with Crippen molar-refractivity contribution in [2.24, 2.45) is 0 Å². The Morgan fingerprint density at radius 2 is 2.00 bits per heavy atom. The molecule has 0 aliphatic heterocycles. The molecule has 1 heterocycles. The van der Waals surface area contributed by atoms with Gasteiger partial charge in [-0.15, -0.1) is 0 Å². The zero-order chi connectivity index (χ0) is 14.5. The average Bonchev–Trinajstić information content (AvgIpc) is 2.47. The van der Waals surface area contributed by atoms with Crippen LogP contribution < -0.4 is 0 Å². The highest BCUT2D eigenvalue weighted by Crippen LogP contribution is 2.20. The molecule has 1 aromatic heterocycles. The molecule has 0 N–H and O–H groups in total. The second kappa shape index (κ2) is 6.10. The van der Waals surface area contributed by atoms with Gasteiger partial charge in [-0.1, -0.05) is 18.7 Å². The van der Waals surface area contributed by atoms with E-state index in [4.69, 9.17) is 4.74 Å². The molecule has 0 aliphatic carbocycles. The number of methoxy groups -OCH3 is 1. The Hall–Kier alpha value is -2.49. The molecule has 4 heteroatoms. The number of halogens is 1. The second-order valence-electron chi connectivity index (χ2n) is 4.31. The molecule has 0 aliphatic rings. The highest BCUT2D eigenvalue weighted by atomic mass is 19.1. The van der Waals surface area contributed by atoms with Crippen LogP contribution in [0.15, 0.2) is 49.3 Å². The highest BCUT2D eigenvalue weighted by molar-refractivity contribution is 5.91. The minimum Gasteiger partial charge on any atom is -0.465 e. The van der Waals surface area contributed by atoms with Gasteiger partial charge in [0.2, 0.25) is 0 Å².